The number of likely N-dealkylation sites (N-methyl/N-ethyl adjacent to an activating group) is 1. The van der Waals surface area contributed by atoms with Crippen molar-refractivity contribution in [2.75, 3.05) is 20.1 Å². The molecule has 16 heavy (non-hydrogen) atoms. The first-order valence-electron chi connectivity index (χ1n) is 6.04. The maximum Gasteiger partial charge on any atom is 0.117 e. The molecule has 0 aromatic carbocycles. The van der Waals surface area contributed by atoms with Crippen LogP contribution in [0.2, 0.25) is 0 Å². The van der Waals surface area contributed by atoms with E-state index >= 15 is 0 Å². The summed E-state index contributed by atoms with van der Waals surface area (Å²) in [6.45, 7) is 9.66. The molecule has 0 aliphatic heterocycles. The highest BCUT2D eigenvalue weighted by molar-refractivity contribution is 4.97. The number of rotatable bonds is 7. The molecule has 0 bridgehead atoms. The Hall–Kier alpha value is -0.800. The van der Waals surface area contributed by atoms with E-state index in [1.165, 1.54) is 0 Å². The maximum atomic E-state index is 5.31. The third-order valence-electron chi connectivity index (χ3n) is 2.97. The Labute approximate surface area is 98.8 Å². The van der Waals surface area contributed by atoms with Crippen LogP contribution in [0.3, 0.4) is 0 Å². The van der Waals surface area contributed by atoms with Crippen LogP contribution >= 0.6 is 0 Å². The van der Waals surface area contributed by atoms with Gasteiger partial charge in [-0.25, -0.2) is 0 Å². The maximum absolute atomic E-state index is 5.31. The van der Waals surface area contributed by atoms with Gasteiger partial charge in [0.15, 0.2) is 0 Å². The van der Waals surface area contributed by atoms with Crippen molar-refractivity contribution in [1.29, 1.82) is 0 Å². The van der Waals surface area contributed by atoms with Crippen molar-refractivity contribution >= 4 is 0 Å². The zero-order valence-electron chi connectivity index (χ0n) is 10.9. The van der Waals surface area contributed by atoms with E-state index in [4.69, 9.17) is 4.42 Å². The summed E-state index contributed by atoms with van der Waals surface area (Å²) < 4.78 is 5.31. The first-order chi connectivity index (χ1) is 7.59. The largest absolute Gasteiger partial charge is 0.468 e. The zero-order chi connectivity index (χ0) is 12.0. The minimum Gasteiger partial charge on any atom is -0.468 e. The molecule has 1 heterocycles. The molecule has 1 unspecified atom stereocenters. The van der Waals surface area contributed by atoms with Crippen LogP contribution in [-0.2, 0) is 6.54 Å². The van der Waals surface area contributed by atoms with Crippen LogP contribution < -0.4 is 5.32 Å². The molecule has 92 valence electrons. The second kappa shape index (κ2) is 6.71. The average Bonchev–Trinajstić information content (AvgIpc) is 2.70. The van der Waals surface area contributed by atoms with Gasteiger partial charge in [0.05, 0.1) is 12.8 Å². The molecule has 1 atom stereocenters. The molecule has 0 radical (unpaired) electrons. The van der Waals surface area contributed by atoms with Crippen molar-refractivity contribution in [2.45, 2.75) is 33.4 Å². The van der Waals surface area contributed by atoms with Crippen molar-refractivity contribution in [2.24, 2.45) is 5.92 Å². The van der Waals surface area contributed by atoms with Crippen molar-refractivity contribution in [1.82, 2.24) is 10.2 Å². The van der Waals surface area contributed by atoms with Gasteiger partial charge in [0.2, 0.25) is 0 Å². The highest BCUT2D eigenvalue weighted by Gasteiger charge is 2.06. The normalized spacial score (nSPS) is 13.6. The Kier molecular flexibility index (Phi) is 5.56. The first kappa shape index (κ1) is 13.3. The van der Waals surface area contributed by atoms with E-state index in [0.717, 1.165) is 25.4 Å². The number of nitrogens with zero attached hydrogens (tertiary/aromatic N) is 1. The van der Waals surface area contributed by atoms with Crippen LogP contribution in [-0.4, -0.2) is 31.1 Å². The lowest BCUT2D eigenvalue weighted by Crippen LogP contribution is -2.36. The van der Waals surface area contributed by atoms with Gasteiger partial charge in [-0.1, -0.05) is 13.8 Å². The molecule has 3 nitrogen and oxygen atoms in total. The third-order valence-corrected chi connectivity index (χ3v) is 2.97. The van der Waals surface area contributed by atoms with E-state index in [0.29, 0.717) is 12.0 Å². The van der Waals surface area contributed by atoms with Gasteiger partial charge >= 0.3 is 0 Å². The Bertz CT molecular complexity index is 269. The Balaban J connectivity index is 2.13. The van der Waals surface area contributed by atoms with Crippen LogP contribution in [0.5, 0.6) is 0 Å². The first-order valence-corrected chi connectivity index (χ1v) is 6.04. The van der Waals surface area contributed by atoms with Gasteiger partial charge in [-0.15, -0.1) is 0 Å². The average molecular weight is 224 g/mol. The molecular formula is C13H24N2O. The second-order valence-corrected chi connectivity index (χ2v) is 4.80. The summed E-state index contributed by atoms with van der Waals surface area (Å²) in [7, 11) is 2.12. The summed E-state index contributed by atoms with van der Waals surface area (Å²) in [6.07, 6.45) is 1.72. The highest BCUT2D eigenvalue weighted by Crippen LogP contribution is 2.03. The van der Waals surface area contributed by atoms with Crippen LogP contribution in [0.4, 0.5) is 0 Å². The fourth-order valence-corrected chi connectivity index (χ4v) is 1.47. The molecule has 0 aliphatic carbocycles. The summed E-state index contributed by atoms with van der Waals surface area (Å²) >= 11 is 0. The van der Waals surface area contributed by atoms with E-state index in [1.807, 2.05) is 12.1 Å². The van der Waals surface area contributed by atoms with Crippen molar-refractivity contribution < 1.29 is 4.42 Å². The molecule has 0 aliphatic rings. The summed E-state index contributed by atoms with van der Waals surface area (Å²) in [5.41, 5.74) is 0. The molecule has 1 aromatic rings. The lowest BCUT2D eigenvalue weighted by Gasteiger charge is -2.20. The predicted octanol–water partition coefficient (Wildman–Crippen LogP) is 2.35. The SMILES string of the molecule is CC(C)C(C)NCCN(C)Cc1ccco1. The Morgan fingerprint density at radius 2 is 2.12 bits per heavy atom. The van der Waals surface area contributed by atoms with E-state index in [9.17, 15) is 0 Å². The molecule has 1 aromatic heterocycles. The van der Waals surface area contributed by atoms with Crippen molar-refractivity contribution in [3.8, 4) is 0 Å². The standard InChI is InChI=1S/C13H24N2O/c1-11(2)12(3)14-7-8-15(4)10-13-6-5-9-16-13/h5-6,9,11-12,14H,7-8,10H2,1-4H3. The number of furan rings is 1. The molecule has 0 fully saturated rings. The van der Waals surface area contributed by atoms with Crippen LogP contribution in [0.15, 0.2) is 22.8 Å². The van der Waals surface area contributed by atoms with E-state index in [-0.39, 0.29) is 0 Å². The smallest absolute Gasteiger partial charge is 0.117 e. The molecule has 0 saturated carbocycles. The lowest BCUT2D eigenvalue weighted by molar-refractivity contribution is 0.284. The molecule has 1 N–H and O–H groups in total. The molecule has 0 amide bonds. The van der Waals surface area contributed by atoms with Crippen LogP contribution in [0.25, 0.3) is 0 Å². The van der Waals surface area contributed by atoms with Gasteiger partial charge in [0.1, 0.15) is 5.76 Å². The van der Waals surface area contributed by atoms with Crippen molar-refractivity contribution in [3.05, 3.63) is 24.2 Å². The Morgan fingerprint density at radius 1 is 1.38 bits per heavy atom. The fraction of sp³-hybridized carbons (Fsp3) is 0.692. The fourth-order valence-electron chi connectivity index (χ4n) is 1.47. The van der Waals surface area contributed by atoms with Gasteiger partial charge in [-0.05, 0) is 32.0 Å². The van der Waals surface area contributed by atoms with Gasteiger partial charge in [0, 0.05) is 19.1 Å². The summed E-state index contributed by atoms with van der Waals surface area (Å²) in [5.74, 6) is 1.72. The topological polar surface area (TPSA) is 28.4 Å². The summed E-state index contributed by atoms with van der Waals surface area (Å²) in [6, 6.07) is 4.53. The van der Waals surface area contributed by atoms with Crippen LogP contribution in [0, 0.1) is 5.92 Å². The minimum absolute atomic E-state index is 0.581. The summed E-state index contributed by atoms with van der Waals surface area (Å²) in [4.78, 5) is 2.26. The quantitative estimate of drug-likeness (QED) is 0.770. The number of hydrogen-bond donors (Lipinski definition) is 1. The van der Waals surface area contributed by atoms with E-state index in [1.54, 1.807) is 6.26 Å². The molecular weight excluding hydrogens is 200 g/mol. The molecule has 1 rings (SSSR count). The zero-order valence-corrected chi connectivity index (χ0v) is 10.9. The van der Waals surface area contributed by atoms with Gasteiger partial charge in [-0.2, -0.15) is 0 Å². The summed E-state index contributed by atoms with van der Waals surface area (Å²) in [5, 5.41) is 3.52. The van der Waals surface area contributed by atoms with Gasteiger partial charge in [0.25, 0.3) is 0 Å². The molecule has 3 heteroatoms. The van der Waals surface area contributed by atoms with E-state index < -0.39 is 0 Å². The minimum atomic E-state index is 0.581. The Morgan fingerprint density at radius 3 is 2.69 bits per heavy atom. The molecule has 0 saturated heterocycles. The second-order valence-electron chi connectivity index (χ2n) is 4.80. The van der Waals surface area contributed by atoms with Crippen LogP contribution in [0.1, 0.15) is 26.5 Å². The third kappa shape index (κ3) is 4.81. The van der Waals surface area contributed by atoms with Gasteiger partial charge in [-0.3, -0.25) is 4.90 Å². The van der Waals surface area contributed by atoms with E-state index in [2.05, 4.69) is 38.0 Å². The van der Waals surface area contributed by atoms with Gasteiger partial charge < -0.3 is 9.73 Å². The number of nitrogens with one attached hydrogen (secondary N) is 1. The number of hydrogen-bond acceptors (Lipinski definition) is 3. The monoisotopic (exact) mass is 224 g/mol. The predicted molar refractivity (Wildman–Crippen MR) is 67.3 cm³/mol. The highest BCUT2D eigenvalue weighted by atomic mass is 16.3. The van der Waals surface area contributed by atoms with Crippen molar-refractivity contribution in [3.63, 3.8) is 0 Å². The lowest BCUT2D eigenvalue weighted by atomic mass is 10.1. The molecule has 0 spiro atoms.